The molecule has 0 aromatic heterocycles. The Morgan fingerprint density at radius 3 is 1.92 bits per heavy atom. The quantitative estimate of drug-likeness (QED) is 0.684. The van der Waals surface area contributed by atoms with Gasteiger partial charge in [-0.2, -0.15) is 26.3 Å². The van der Waals surface area contributed by atoms with Gasteiger partial charge in [0, 0.05) is 5.56 Å². The Balaban J connectivity index is 2.24. The van der Waals surface area contributed by atoms with E-state index >= 15 is 0 Å². The van der Waals surface area contributed by atoms with Crippen LogP contribution in [-0.4, -0.2) is 18.9 Å². The van der Waals surface area contributed by atoms with Gasteiger partial charge >= 0.3 is 12.4 Å². The number of benzene rings is 1. The van der Waals surface area contributed by atoms with Gasteiger partial charge in [0.25, 0.3) is 0 Å². The molecule has 2 atom stereocenters. The van der Waals surface area contributed by atoms with Crippen molar-refractivity contribution in [3.8, 4) is 0 Å². The highest BCUT2D eigenvalue weighted by molar-refractivity contribution is 7.93. The summed E-state index contributed by atoms with van der Waals surface area (Å²) in [6, 6.07) is 1.90. The van der Waals surface area contributed by atoms with Crippen molar-refractivity contribution in [2.24, 2.45) is 0 Å². The lowest BCUT2D eigenvalue weighted by atomic mass is 9.90. The van der Waals surface area contributed by atoms with Crippen molar-refractivity contribution >= 4 is 15.4 Å². The van der Waals surface area contributed by atoms with Crippen LogP contribution in [0.15, 0.2) is 24.3 Å². The van der Waals surface area contributed by atoms with Crippen LogP contribution in [-0.2, 0) is 22.2 Å². The third-order valence-corrected chi connectivity index (χ3v) is 7.04. The van der Waals surface area contributed by atoms with Crippen LogP contribution >= 0.6 is 0 Å². The first kappa shape index (κ1) is 17.3. The average molecular weight is 370 g/mol. The summed E-state index contributed by atoms with van der Waals surface area (Å²) in [4.78, 5) is 0. The summed E-state index contributed by atoms with van der Waals surface area (Å²) >= 11 is 0. The first-order valence-corrected chi connectivity index (χ1v) is 8.74. The zero-order valence-corrected chi connectivity index (χ0v) is 12.9. The molecule has 2 aliphatic heterocycles. The summed E-state index contributed by atoms with van der Waals surface area (Å²) < 4.78 is 103. The molecule has 0 spiro atoms. The van der Waals surface area contributed by atoms with Crippen LogP contribution in [0.5, 0.6) is 0 Å². The van der Waals surface area contributed by atoms with Crippen molar-refractivity contribution in [2.45, 2.75) is 42.1 Å². The van der Waals surface area contributed by atoms with Gasteiger partial charge in [-0.05, 0) is 37.0 Å². The van der Waals surface area contributed by atoms with E-state index in [4.69, 9.17) is 0 Å². The molecule has 2 nitrogen and oxygen atoms in total. The third-order valence-electron chi connectivity index (χ3n) is 4.49. The van der Waals surface area contributed by atoms with Gasteiger partial charge in [0.2, 0.25) is 0 Å². The van der Waals surface area contributed by atoms with Gasteiger partial charge in [-0.25, -0.2) is 8.42 Å². The SMILES string of the molecule is O=S1(=O)C2C=C(c3c(C(F)(F)F)cccc3C(F)(F)F)CC1CC2. The van der Waals surface area contributed by atoms with Crippen molar-refractivity contribution in [1.29, 1.82) is 0 Å². The van der Waals surface area contributed by atoms with E-state index < -0.39 is 49.4 Å². The second kappa shape index (κ2) is 5.24. The minimum atomic E-state index is -4.97. The molecule has 2 unspecified atom stereocenters. The molecule has 0 N–H and O–H groups in total. The summed E-state index contributed by atoms with van der Waals surface area (Å²) in [5.41, 5.74) is -3.90. The van der Waals surface area contributed by atoms with Gasteiger partial charge in [-0.1, -0.05) is 12.1 Å². The lowest BCUT2D eigenvalue weighted by molar-refractivity contribution is -0.143. The molecule has 1 aromatic carbocycles. The van der Waals surface area contributed by atoms with E-state index in [9.17, 15) is 34.8 Å². The molecule has 0 radical (unpaired) electrons. The predicted molar refractivity (Wildman–Crippen MR) is 74.8 cm³/mol. The lowest BCUT2D eigenvalue weighted by Crippen LogP contribution is -2.27. The van der Waals surface area contributed by atoms with Crippen molar-refractivity contribution < 1.29 is 34.8 Å². The van der Waals surface area contributed by atoms with Gasteiger partial charge in [-0.15, -0.1) is 0 Å². The van der Waals surface area contributed by atoms with Gasteiger partial charge in [-0.3, -0.25) is 0 Å². The number of hydrogen-bond acceptors (Lipinski definition) is 2. The van der Waals surface area contributed by atoms with Crippen LogP contribution in [0.2, 0.25) is 0 Å². The number of hydrogen-bond donors (Lipinski definition) is 0. The van der Waals surface area contributed by atoms with Crippen molar-refractivity contribution in [3.63, 3.8) is 0 Å². The number of halogens is 6. The Morgan fingerprint density at radius 1 is 0.917 bits per heavy atom. The molecule has 0 saturated carbocycles. The zero-order valence-electron chi connectivity index (χ0n) is 12.1. The highest BCUT2D eigenvalue weighted by Gasteiger charge is 2.47. The Labute approximate surface area is 134 Å². The minimum absolute atomic E-state index is 0.183. The van der Waals surface area contributed by atoms with Crippen molar-refractivity contribution in [3.05, 3.63) is 41.0 Å². The molecule has 1 fully saturated rings. The van der Waals surface area contributed by atoms with Crippen LogP contribution in [0, 0.1) is 0 Å². The van der Waals surface area contributed by atoms with Gasteiger partial charge < -0.3 is 0 Å². The molecule has 2 bridgehead atoms. The predicted octanol–water partition coefficient (Wildman–Crippen LogP) is 4.46. The number of fused-ring (bicyclic) bond motifs is 2. The maximum Gasteiger partial charge on any atom is 0.417 e. The second-order valence-electron chi connectivity index (χ2n) is 5.95. The highest BCUT2D eigenvalue weighted by atomic mass is 32.2. The van der Waals surface area contributed by atoms with Gasteiger partial charge in [0.05, 0.1) is 21.6 Å². The fourth-order valence-electron chi connectivity index (χ4n) is 3.42. The van der Waals surface area contributed by atoms with E-state index in [1.807, 2.05) is 0 Å². The van der Waals surface area contributed by atoms with Crippen LogP contribution in [0.25, 0.3) is 5.57 Å². The molecule has 2 heterocycles. The molecule has 9 heteroatoms. The van der Waals surface area contributed by atoms with Crippen molar-refractivity contribution in [2.75, 3.05) is 0 Å². The molecular weight excluding hydrogens is 358 g/mol. The summed E-state index contributed by atoms with van der Waals surface area (Å²) in [5, 5.41) is -1.92. The Morgan fingerprint density at radius 2 is 1.46 bits per heavy atom. The third kappa shape index (κ3) is 2.72. The molecule has 0 amide bonds. The largest absolute Gasteiger partial charge is 0.417 e. The Kier molecular flexibility index (Phi) is 3.78. The zero-order chi connectivity index (χ0) is 17.9. The van der Waals surface area contributed by atoms with E-state index in [-0.39, 0.29) is 24.8 Å². The maximum absolute atomic E-state index is 13.2. The maximum atomic E-state index is 13.2. The standard InChI is InChI=1S/C15H12F6O2S/c16-14(17,18)11-2-1-3-12(15(19,20)21)13(11)8-6-9-4-5-10(7-8)24(9,22)23/h1-3,6,9-10H,4-5,7H2. The van der Waals surface area contributed by atoms with Crippen molar-refractivity contribution in [1.82, 2.24) is 0 Å². The lowest BCUT2D eigenvalue weighted by Gasteiger charge is -2.25. The van der Waals surface area contributed by atoms with Crippen LogP contribution in [0.1, 0.15) is 36.0 Å². The van der Waals surface area contributed by atoms with Crippen LogP contribution in [0.3, 0.4) is 0 Å². The molecule has 1 saturated heterocycles. The Hall–Kier alpha value is -1.51. The first-order valence-electron chi connectivity index (χ1n) is 7.13. The van der Waals surface area contributed by atoms with Gasteiger partial charge in [0.1, 0.15) is 0 Å². The summed E-state index contributed by atoms with van der Waals surface area (Å²) in [6.45, 7) is 0. The molecule has 0 aliphatic carbocycles. The van der Waals surface area contributed by atoms with Crippen LogP contribution < -0.4 is 0 Å². The molecule has 1 aromatic rings. The summed E-state index contributed by atoms with van der Waals surface area (Å²) in [5.74, 6) is 0. The number of rotatable bonds is 1. The Bertz CT molecular complexity index is 772. The number of allylic oxidation sites excluding steroid dienone is 1. The molecule has 24 heavy (non-hydrogen) atoms. The monoisotopic (exact) mass is 370 g/mol. The molecular formula is C15H12F6O2S. The normalized spacial score (nSPS) is 26.3. The van der Waals surface area contributed by atoms with E-state index in [0.717, 1.165) is 6.08 Å². The molecule has 132 valence electrons. The first-order chi connectivity index (χ1) is 10.9. The molecule has 2 aliphatic rings. The fraction of sp³-hybridized carbons (Fsp3) is 0.467. The van der Waals surface area contributed by atoms with Gasteiger partial charge in [0.15, 0.2) is 9.84 Å². The second-order valence-corrected chi connectivity index (χ2v) is 8.40. The fourth-order valence-corrected chi connectivity index (χ4v) is 5.61. The van der Waals surface area contributed by atoms with Crippen LogP contribution in [0.4, 0.5) is 26.3 Å². The summed E-state index contributed by atoms with van der Waals surface area (Å²) in [6.07, 6.45) is -8.71. The smallest absolute Gasteiger partial charge is 0.228 e. The molecule has 3 rings (SSSR count). The van der Waals surface area contributed by atoms with E-state index in [1.165, 1.54) is 0 Å². The summed E-state index contributed by atoms with van der Waals surface area (Å²) in [7, 11) is -3.51. The number of sulfone groups is 1. The van der Waals surface area contributed by atoms with E-state index in [2.05, 4.69) is 0 Å². The highest BCUT2D eigenvalue weighted by Crippen LogP contribution is 2.47. The van der Waals surface area contributed by atoms with E-state index in [1.54, 1.807) is 0 Å². The average Bonchev–Trinajstić information content (AvgIpc) is 2.64. The minimum Gasteiger partial charge on any atom is -0.228 e. The van der Waals surface area contributed by atoms with E-state index in [0.29, 0.717) is 18.2 Å². The topological polar surface area (TPSA) is 34.1 Å². The number of alkyl halides is 6.